The van der Waals surface area contributed by atoms with Crippen LogP contribution in [0.4, 0.5) is 0 Å². The Morgan fingerprint density at radius 2 is 1.88 bits per heavy atom. The van der Waals surface area contributed by atoms with E-state index in [1.165, 1.54) is 38.9 Å². The molecule has 92 valence electrons. The molecule has 0 aromatic heterocycles. The number of hydrogen-bond donors (Lipinski definition) is 0. The Balaban J connectivity index is 1.55. The summed E-state index contributed by atoms with van der Waals surface area (Å²) in [5, 5.41) is 0.0473. The molecule has 0 aliphatic carbocycles. The van der Waals surface area contributed by atoms with Crippen LogP contribution in [0.5, 0.6) is 0 Å². The Hall–Kier alpha value is -0.280. The lowest BCUT2D eigenvalue weighted by Gasteiger charge is -2.17. The summed E-state index contributed by atoms with van der Waals surface area (Å²) in [6.45, 7) is 5.39. The van der Waals surface area contributed by atoms with Crippen molar-refractivity contribution in [1.82, 2.24) is 9.80 Å². The second-order valence-electron chi connectivity index (χ2n) is 4.90. The molecule has 2 fully saturated rings. The number of likely N-dealkylation sites (tertiary alicyclic amines) is 2. The van der Waals surface area contributed by atoms with E-state index < -0.39 is 0 Å². The molecular formula is C12H21ClN2O. The van der Waals surface area contributed by atoms with E-state index >= 15 is 0 Å². The summed E-state index contributed by atoms with van der Waals surface area (Å²) in [6.07, 6.45) is 5.58. The van der Waals surface area contributed by atoms with Crippen LogP contribution in [-0.2, 0) is 4.79 Å². The van der Waals surface area contributed by atoms with Gasteiger partial charge in [0.15, 0.2) is 0 Å². The Morgan fingerprint density at radius 1 is 1.19 bits per heavy atom. The molecule has 2 aliphatic heterocycles. The van der Waals surface area contributed by atoms with Gasteiger partial charge in [-0.3, -0.25) is 4.79 Å². The van der Waals surface area contributed by atoms with Gasteiger partial charge in [0.2, 0.25) is 5.91 Å². The minimum absolute atomic E-state index is 0.0473. The summed E-state index contributed by atoms with van der Waals surface area (Å²) in [6, 6.07) is 0. The first-order valence-electron chi connectivity index (χ1n) is 6.40. The van der Waals surface area contributed by atoms with Crippen LogP contribution in [0.25, 0.3) is 0 Å². The first-order chi connectivity index (χ1) is 7.75. The van der Waals surface area contributed by atoms with E-state index in [-0.39, 0.29) is 11.3 Å². The molecule has 2 saturated heterocycles. The molecule has 2 aliphatic rings. The largest absolute Gasteiger partial charge is 0.341 e. The van der Waals surface area contributed by atoms with E-state index in [0.717, 1.165) is 19.5 Å². The van der Waals surface area contributed by atoms with E-state index in [1.807, 2.05) is 4.90 Å². The molecule has 1 amide bonds. The van der Waals surface area contributed by atoms with Gasteiger partial charge in [0.25, 0.3) is 0 Å². The van der Waals surface area contributed by atoms with Crippen molar-refractivity contribution in [2.24, 2.45) is 0 Å². The quantitative estimate of drug-likeness (QED) is 0.543. The highest BCUT2D eigenvalue weighted by Gasteiger charge is 2.27. The molecule has 4 heteroatoms. The monoisotopic (exact) mass is 244 g/mol. The molecule has 0 N–H and O–H groups in total. The highest BCUT2D eigenvalue weighted by molar-refractivity contribution is 6.22. The molecule has 1 unspecified atom stereocenters. The number of unbranched alkanes of at least 4 members (excludes halogenated alkanes) is 1. The zero-order chi connectivity index (χ0) is 11.4. The molecule has 1 atom stereocenters. The molecule has 2 heterocycles. The molecule has 16 heavy (non-hydrogen) atoms. The van der Waals surface area contributed by atoms with Crippen LogP contribution in [0.3, 0.4) is 0 Å². The van der Waals surface area contributed by atoms with Gasteiger partial charge in [-0.25, -0.2) is 0 Å². The average molecular weight is 245 g/mol. The fourth-order valence-electron chi connectivity index (χ4n) is 2.58. The maximum Gasteiger partial charge on any atom is 0.224 e. The summed E-state index contributed by atoms with van der Waals surface area (Å²) < 4.78 is 0. The Labute approximate surface area is 103 Å². The lowest BCUT2D eigenvalue weighted by Crippen LogP contribution is -2.27. The molecule has 0 aromatic carbocycles. The van der Waals surface area contributed by atoms with Gasteiger partial charge < -0.3 is 9.80 Å². The van der Waals surface area contributed by atoms with Crippen molar-refractivity contribution in [2.45, 2.75) is 37.5 Å². The number of halogens is 1. The molecule has 3 nitrogen and oxygen atoms in total. The SMILES string of the molecule is O=C1CC(Cl)CN1CCCCN1CCCC1. The van der Waals surface area contributed by atoms with E-state index in [0.29, 0.717) is 6.42 Å². The number of carbonyl (C=O) groups excluding carboxylic acids is 1. The summed E-state index contributed by atoms with van der Waals surface area (Å²) in [5.41, 5.74) is 0. The zero-order valence-electron chi connectivity index (χ0n) is 9.83. The summed E-state index contributed by atoms with van der Waals surface area (Å²) in [7, 11) is 0. The lowest BCUT2D eigenvalue weighted by atomic mass is 10.3. The summed E-state index contributed by atoms with van der Waals surface area (Å²) >= 11 is 5.95. The van der Waals surface area contributed by atoms with Crippen LogP contribution in [0.1, 0.15) is 32.1 Å². The van der Waals surface area contributed by atoms with E-state index in [9.17, 15) is 4.79 Å². The molecule has 0 bridgehead atoms. The fourth-order valence-corrected chi connectivity index (χ4v) is 2.88. The highest BCUT2D eigenvalue weighted by Crippen LogP contribution is 2.17. The van der Waals surface area contributed by atoms with Crippen LogP contribution >= 0.6 is 11.6 Å². The second-order valence-corrected chi connectivity index (χ2v) is 5.51. The third-order valence-corrected chi connectivity index (χ3v) is 3.81. The van der Waals surface area contributed by atoms with E-state index in [1.54, 1.807) is 0 Å². The molecular weight excluding hydrogens is 224 g/mol. The summed E-state index contributed by atoms with van der Waals surface area (Å²) in [5.74, 6) is 0.237. The Bertz CT molecular complexity index is 241. The third-order valence-electron chi connectivity index (χ3n) is 3.52. The van der Waals surface area contributed by atoms with Crippen molar-refractivity contribution < 1.29 is 4.79 Å². The minimum atomic E-state index is 0.0473. The van der Waals surface area contributed by atoms with Crippen molar-refractivity contribution in [3.63, 3.8) is 0 Å². The van der Waals surface area contributed by atoms with Crippen molar-refractivity contribution in [2.75, 3.05) is 32.7 Å². The second kappa shape index (κ2) is 5.87. The predicted molar refractivity (Wildman–Crippen MR) is 65.7 cm³/mol. The van der Waals surface area contributed by atoms with Gasteiger partial charge >= 0.3 is 0 Å². The smallest absolute Gasteiger partial charge is 0.224 e. The van der Waals surface area contributed by atoms with Crippen molar-refractivity contribution in [3.8, 4) is 0 Å². The van der Waals surface area contributed by atoms with Gasteiger partial charge in [0, 0.05) is 19.5 Å². The van der Waals surface area contributed by atoms with Gasteiger partial charge in [0.05, 0.1) is 5.38 Å². The van der Waals surface area contributed by atoms with Gasteiger partial charge in [-0.2, -0.15) is 0 Å². The first-order valence-corrected chi connectivity index (χ1v) is 6.83. The van der Waals surface area contributed by atoms with Gasteiger partial charge in [-0.1, -0.05) is 0 Å². The molecule has 0 radical (unpaired) electrons. The first kappa shape index (κ1) is 12.2. The Kier molecular flexibility index (Phi) is 4.47. The standard InChI is InChI=1S/C12H21ClN2O/c13-11-9-12(16)15(10-11)8-4-3-7-14-5-1-2-6-14/h11H,1-10H2. The maximum absolute atomic E-state index is 11.5. The normalized spacial score (nSPS) is 26.9. The molecule has 0 saturated carbocycles. The predicted octanol–water partition coefficient (Wildman–Crippen LogP) is 1.70. The maximum atomic E-state index is 11.5. The van der Waals surface area contributed by atoms with Crippen LogP contribution in [0, 0.1) is 0 Å². The van der Waals surface area contributed by atoms with Crippen LogP contribution in [0.2, 0.25) is 0 Å². The van der Waals surface area contributed by atoms with Crippen LogP contribution in [-0.4, -0.2) is 53.8 Å². The van der Waals surface area contributed by atoms with E-state index in [2.05, 4.69) is 4.90 Å². The van der Waals surface area contributed by atoms with Crippen molar-refractivity contribution in [1.29, 1.82) is 0 Å². The average Bonchev–Trinajstić information content (AvgIpc) is 2.84. The van der Waals surface area contributed by atoms with Gasteiger partial charge in [0.1, 0.15) is 0 Å². The topological polar surface area (TPSA) is 23.6 Å². The van der Waals surface area contributed by atoms with E-state index in [4.69, 9.17) is 11.6 Å². The molecule has 0 aromatic rings. The number of carbonyl (C=O) groups is 1. The summed E-state index contributed by atoms with van der Waals surface area (Å²) in [4.78, 5) is 15.9. The lowest BCUT2D eigenvalue weighted by molar-refractivity contribution is -0.127. The minimum Gasteiger partial charge on any atom is -0.341 e. The molecule has 2 rings (SSSR count). The number of rotatable bonds is 5. The van der Waals surface area contributed by atoms with Crippen molar-refractivity contribution in [3.05, 3.63) is 0 Å². The zero-order valence-corrected chi connectivity index (χ0v) is 10.6. The number of hydrogen-bond acceptors (Lipinski definition) is 2. The molecule has 0 spiro atoms. The number of amides is 1. The number of alkyl halides is 1. The van der Waals surface area contributed by atoms with Gasteiger partial charge in [-0.05, 0) is 45.3 Å². The highest BCUT2D eigenvalue weighted by atomic mass is 35.5. The van der Waals surface area contributed by atoms with Crippen LogP contribution in [0.15, 0.2) is 0 Å². The Morgan fingerprint density at radius 3 is 2.50 bits per heavy atom. The van der Waals surface area contributed by atoms with Crippen LogP contribution < -0.4 is 0 Å². The van der Waals surface area contributed by atoms with Gasteiger partial charge in [-0.15, -0.1) is 11.6 Å². The van der Waals surface area contributed by atoms with Crippen molar-refractivity contribution >= 4 is 17.5 Å². The fraction of sp³-hybridized carbons (Fsp3) is 0.917. The number of nitrogens with zero attached hydrogens (tertiary/aromatic N) is 2. The third kappa shape index (κ3) is 3.36.